The van der Waals surface area contributed by atoms with Crippen LogP contribution in [0.15, 0.2) is 18.2 Å². The molecule has 0 atom stereocenters. The molecule has 1 aromatic carbocycles. The van der Waals surface area contributed by atoms with Gasteiger partial charge in [0.25, 0.3) is 0 Å². The van der Waals surface area contributed by atoms with Crippen LogP contribution in [0.1, 0.15) is 18.4 Å². The molecule has 1 amide bonds. The molecule has 0 spiro atoms. The van der Waals surface area contributed by atoms with Gasteiger partial charge in [0.1, 0.15) is 4.99 Å². The fourth-order valence-electron chi connectivity index (χ4n) is 2.36. The second kappa shape index (κ2) is 6.09. The van der Waals surface area contributed by atoms with E-state index in [-0.39, 0.29) is 17.6 Å². The van der Waals surface area contributed by atoms with Crippen LogP contribution in [0.4, 0.5) is 0 Å². The Morgan fingerprint density at radius 3 is 2.65 bits per heavy atom. The van der Waals surface area contributed by atoms with Gasteiger partial charge in [-0.15, -0.1) is 0 Å². The summed E-state index contributed by atoms with van der Waals surface area (Å²) in [5.41, 5.74) is 6.15. The molecule has 0 unspecified atom stereocenters. The maximum absolute atomic E-state index is 11.1. The Morgan fingerprint density at radius 2 is 2.10 bits per heavy atom. The third kappa shape index (κ3) is 3.01. The van der Waals surface area contributed by atoms with E-state index in [9.17, 15) is 9.90 Å². The number of piperidine rings is 1. The lowest BCUT2D eigenvalue weighted by molar-refractivity contribution is -0.122. The van der Waals surface area contributed by atoms with Gasteiger partial charge in [0.2, 0.25) is 5.91 Å². The molecular weight excluding hydrogens is 276 g/mol. The molecule has 0 bridgehead atoms. The Morgan fingerprint density at radius 1 is 1.45 bits per heavy atom. The Bertz CT molecular complexity index is 525. The highest BCUT2D eigenvalue weighted by atomic mass is 32.1. The van der Waals surface area contributed by atoms with Crippen LogP contribution in [0, 0.1) is 5.92 Å². The van der Waals surface area contributed by atoms with Gasteiger partial charge in [0.15, 0.2) is 11.5 Å². The topological polar surface area (TPSA) is 75.8 Å². The average Bonchev–Trinajstić information content (AvgIpc) is 2.47. The van der Waals surface area contributed by atoms with Gasteiger partial charge in [-0.1, -0.05) is 12.2 Å². The molecule has 1 aliphatic heterocycles. The number of phenolic OH excluding ortho intramolecular Hbond substituents is 1. The Hall–Kier alpha value is -1.82. The van der Waals surface area contributed by atoms with E-state index in [4.69, 9.17) is 22.7 Å². The van der Waals surface area contributed by atoms with Gasteiger partial charge in [-0.3, -0.25) is 4.79 Å². The molecule has 1 aliphatic rings. The van der Waals surface area contributed by atoms with Gasteiger partial charge in [-0.05, 0) is 31.0 Å². The van der Waals surface area contributed by atoms with Crippen LogP contribution in [-0.2, 0) is 4.79 Å². The number of likely N-dealkylation sites (tertiary alicyclic amines) is 1. The maximum atomic E-state index is 11.1. The van der Waals surface area contributed by atoms with Gasteiger partial charge in [-0.2, -0.15) is 0 Å². The van der Waals surface area contributed by atoms with Crippen LogP contribution in [0.2, 0.25) is 0 Å². The third-order valence-electron chi connectivity index (χ3n) is 3.61. The van der Waals surface area contributed by atoms with Crippen molar-refractivity contribution in [2.45, 2.75) is 12.8 Å². The number of rotatable bonds is 3. The number of amides is 1. The summed E-state index contributed by atoms with van der Waals surface area (Å²) in [6.07, 6.45) is 1.45. The molecule has 1 heterocycles. The number of benzene rings is 1. The van der Waals surface area contributed by atoms with Crippen LogP contribution in [0.3, 0.4) is 0 Å². The number of methoxy groups -OCH3 is 1. The summed E-state index contributed by atoms with van der Waals surface area (Å²) < 4.78 is 5.08. The zero-order valence-corrected chi connectivity index (χ0v) is 12.2. The number of nitrogens with zero attached hydrogens (tertiary/aromatic N) is 1. The zero-order valence-electron chi connectivity index (χ0n) is 11.3. The summed E-state index contributed by atoms with van der Waals surface area (Å²) in [5.74, 6) is 0.202. The minimum Gasteiger partial charge on any atom is -0.504 e. The minimum absolute atomic E-state index is 0.0524. The van der Waals surface area contributed by atoms with Crippen LogP contribution in [0.5, 0.6) is 11.5 Å². The van der Waals surface area contributed by atoms with Crippen molar-refractivity contribution < 1.29 is 14.6 Å². The predicted octanol–water partition coefficient (Wildman–Crippen LogP) is 1.27. The second-order valence-corrected chi connectivity index (χ2v) is 5.24. The number of thiocarbonyl (C=S) groups is 1. The Balaban J connectivity index is 2.07. The van der Waals surface area contributed by atoms with Gasteiger partial charge < -0.3 is 20.5 Å². The number of carbonyl (C=O) groups excluding carboxylic acids is 1. The van der Waals surface area contributed by atoms with Crippen molar-refractivity contribution >= 4 is 23.1 Å². The molecule has 5 nitrogen and oxygen atoms in total. The fourth-order valence-corrected chi connectivity index (χ4v) is 2.67. The molecule has 1 saturated heterocycles. The monoisotopic (exact) mass is 294 g/mol. The van der Waals surface area contributed by atoms with Crippen LogP contribution < -0.4 is 10.5 Å². The molecular formula is C14H18N2O3S. The summed E-state index contributed by atoms with van der Waals surface area (Å²) in [4.78, 5) is 13.9. The molecule has 20 heavy (non-hydrogen) atoms. The Kier molecular flexibility index (Phi) is 4.44. The third-order valence-corrected chi connectivity index (χ3v) is 4.11. The van der Waals surface area contributed by atoms with Crippen molar-refractivity contribution in [1.82, 2.24) is 4.90 Å². The standard InChI is InChI=1S/C14H18N2O3S/c1-19-12-8-10(2-3-11(12)17)14(20)16-6-4-9(5-7-16)13(15)18/h2-3,8-9,17H,4-7H2,1H3,(H2,15,18). The SMILES string of the molecule is COc1cc(C(=S)N2CCC(C(N)=O)CC2)ccc1O. The highest BCUT2D eigenvalue weighted by molar-refractivity contribution is 7.80. The number of hydrogen-bond acceptors (Lipinski definition) is 4. The lowest BCUT2D eigenvalue weighted by Gasteiger charge is -2.32. The van der Waals surface area contributed by atoms with E-state index in [1.165, 1.54) is 7.11 Å². The fraction of sp³-hybridized carbons (Fsp3) is 0.429. The largest absolute Gasteiger partial charge is 0.504 e. The molecule has 0 saturated carbocycles. The van der Waals surface area contributed by atoms with E-state index >= 15 is 0 Å². The van der Waals surface area contributed by atoms with Crippen molar-refractivity contribution in [1.29, 1.82) is 0 Å². The number of aromatic hydroxyl groups is 1. The maximum Gasteiger partial charge on any atom is 0.220 e. The van der Waals surface area contributed by atoms with Crippen LogP contribution in [0.25, 0.3) is 0 Å². The minimum atomic E-state index is -0.234. The van der Waals surface area contributed by atoms with E-state index in [1.54, 1.807) is 18.2 Å². The van der Waals surface area contributed by atoms with Crippen molar-refractivity contribution in [2.75, 3.05) is 20.2 Å². The molecule has 108 valence electrons. The first-order chi connectivity index (χ1) is 9.52. The van der Waals surface area contributed by atoms with Crippen molar-refractivity contribution in [3.8, 4) is 11.5 Å². The summed E-state index contributed by atoms with van der Waals surface area (Å²) >= 11 is 5.47. The zero-order chi connectivity index (χ0) is 14.7. The molecule has 6 heteroatoms. The number of hydrogen-bond donors (Lipinski definition) is 2. The second-order valence-electron chi connectivity index (χ2n) is 4.86. The highest BCUT2D eigenvalue weighted by Crippen LogP contribution is 2.28. The van der Waals surface area contributed by atoms with Crippen molar-refractivity contribution in [3.63, 3.8) is 0 Å². The first-order valence-electron chi connectivity index (χ1n) is 6.48. The van der Waals surface area contributed by atoms with Crippen LogP contribution in [-0.4, -0.2) is 41.1 Å². The van der Waals surface area contributed by atoms with E-state index in [1.807, 2.05) is 0 Å². The van der Waals surface area contributed by atoms with E-state index in [0.29, 0.717) is 10.7 Å². The van der Waals surface area contributed by atoms with E-state index in [0.717, 1.165) is 31.5 Å². The van der Waals surface area contributed by atoms with E-state index in [2.05, 4.69) is 4.90 Å². The summed E-state index contributed by atoms with van der Waals surface area (Å²) in [5, 5.41) is 9.59. The van der Waals surface area contributed by atoms with Gasteiger partial charge in [0, 0.05) is 24.6 Å². The van der Waals surface area contributed by atoms with E-state index < -0.39 is 0 Å². The van der Waals surface area contributed by atoms with Gasteiger partial charge >= 0.3 is 0 Å². The number of ether oxygens (including phenoxy) is 1. The summed E-state index contributed by atoms with van der Waals surface area (Å²) in [6, 6.07) is 5.05. The number of carbonyl (C=O) groups is 1. The predicted molar refractivity (Wildman–Crippen MR) is 79.9 cm³/mol. The number of nitrogens with two attached hydrogens (primary N) is 1. The molecule has 0 aromatic heterocycles. The smallest absolute Gasteiger partial charge is 0.220 e. The first kappa shape index (κ1) is 14.6. The van der Waals surface area contributed by atoms with Crippen molar-refractivity contribution in [2.24, 2.45) is 11.7 Å². The van der Waals surface area contributed by atoms with Gasteiger partial charge in [-0.25, -0.2) is 0 Å². The quantitative estimate of drug-likeness (QED) is 0.821. The first-order valence-corrected chi connectivity index (χ1v) is 6.89. The van der Waals surface area contributed by atoms with Crippen LogP contribution >= 0.6 is 12.2 Å². The summed E-state index contributed by atoms with van der Waals surface area (Å²) in [6.45, 7) is 1.44. The average molecular weight is 294 g/mol. The molecule has 0 aliphatic carbocycles. The molecule has 1 aromatic rings. The lowest BCUT2D eigenvalue weighted by atomic mass is 9.96. The highest BCUT2D eigenvalue weighted by Gasteiger charge is 2.25. The number of phenols is 1. The number of primary amides is 1. The lowest BCUT2D eigenvalue weighted by Crippen LogP contribution is -2.41. The molecule has 0 radical (unpaired) electrons. The summed E-state index contributed by atoms with van der Waals surface area (Å²) in [7, 11) is 1.50. The normalized spacial score (nSPS) is 15.9. The molecule has 1 fully saturated rings. The van der Waals surface area contributed by atoms with Gasteiger partial charge in [0.05, 0.1) is 7.11 Å². The Labute approximate surface area is 123 Å². The van der Waals surface area contributed by atoms with Crippen molar-refractivity contribution in [3.05, 3.63) is 23.8 Å². The molecule has 3 N–H and O–H groups in total. The molecule has 2 rings (SSSR count).